The number of nitrogens with zero attached hydrogens (tertiary/aromatic N) is 2. The Balaban J connectivity index is 1.29. The number of rotatable bonds is 10. The third-order valence-electron chi connectivity index (χ3n) is 8.13. The Bertz CT molecular complexity index is 1730. The van der Waals surface area contributed by atoms with Gasteiger partial charge in [0.2, 0.25) is 5.91 Å². The fourth-order valence-corrected chi connectivity index (χ4v) is 5.95. The summed E-state index contributed by atoms with van der Waals surface area (Å²) >= 11 is 1.57. The van der Waals surface area contributed by atoms with Crippen molar-refractivity contribution in [3.8, 4) is 33.2 Å². The SMILES string of the molecule is Cc1ncc(-c2ccc(C(=O)CC[C@](C)(O)c3cc4c(c(-c5ccc(F)cc5)n3)OC[C@]4(C)C(N)=O)cc2OC2CC2)s1. The van der Waals surface area contributed by atoms with Crippen molar-refractivity contribution in [3.63, 3.8) is 0 Å². The molecule has 1 aliphatic heterocycles. The molecule has 0 radical (unpaired) electrons. The van der Waals surface area contributed by atoms with Gasteiger partial charge in [0.15, 0.2) is 5.78 Å². The predicted molar refractivity (Wildman–Crippen MR) is 161 cm³/mol. The minimum absolute atomic E-state index is 0.0139. The van der Waals surface area contributed by atoms with E-state index in [9.17, 15) is 19.1 Å². The van der Waals surface area contributed by atoms with Gasteiger partial charge in [0.05, 0.1) is 21.7 Å². The van der Waals surface area contributed by atoms with Crippen molar-refractivity contribution in [1.82, 2.24) is 9.97 Å². The molecule has 4 aromatic rings. The van der Waals surface area contributed by atoms with Gasteiger partial charge in [0.1, 0.15) is 40.6 Å². The summed E-state index contributed by atoms with van der Waals surface area (Å²) in [6, 6.07) is 12.8. The molecule has 2 aromatic heterocycles. The first kappa shape index (κ1) is 28.9. The maximum Gasteiger partial charge on any atom is 0.231 e. The number of amides is 1. The molecule has 3 heterocycles. The van der Waals surface area contributed by atoms with Crippen molar-refractivity contribution in [2.75, 3.05) is 6.61 Å². The van der Waals surface area contributed by atoms with Crippen LogP contribution < -0.4 is 15.2 Å². The number of aliphatic hydroxyl groups is 1. The Hall–Kier alpha value is -4.15. The molecule has 1 aliphatic carbocycles. The van der Waals surface area contributed by atoms with Crippen molar-refractivity contribution >= 4 is 23.0 Å². The van der Waals surface area contributed by atoms with Crippen LogP contribution in [0.4, 0.5) is 4.39 Å². The summed E-state index contributed by atoms with van der Waals surface area (Å²) in [6.07, 6.45) is 4.01. The number of pyridine rings is 1. The molecule has 10 heteroatoms. The number of nitrogens with two attached hydrogens (primary N) is 1. The van der Waals surface area contributed by atoms with E-state index in [2.05, 4.69) is 4.98 Å². The first-order chi connectivity index (χ1) is 20.4. The van der Waals surface area contributed by atoms with Gasteiger partial charge in [0, 0.05) is 34.9 Å². The summed E-state index contributed by atoms with van der Waals surface area (Å²) in [5.74, 6) is -0.130. The van der Waals surface area contributed by atoms with Crippen LogP contribution >= 0.6 is 11.3 Å². The van der Waals surface area contributed by atoms with E-state index in [1.807, 2.05) is 19.2 Å². The van der Waals surface area contributed by atoms with Gasteiger partial charge in [-0.25, -0.2) is 14.4 Å². The normalized spacial score (nSPS) is 18.9. The molecule has 0 bridgehead atoms. The minimum Gasteiger partial charge on any atom is -0.490 e. The lowest BCUT2D eigenvalue weighted by atomic mass is 9.81. The number of benzene rings is 2. The number of ether oxygens (including phenoxy) is 2. The monoisotopic (exact) mass is 601 g/mol. The standard InChI is InChI=1S/C33H32FN3O5S/c1-18-36-16-27(43-18)23-11-6-20(14-26(23)42-22-9-10-22)25(38)12-13-33(3,40)28-15-24-30(41-17-32(24,2)31(35)39)29(37-28)19-4-7-21(34)8-5-19/h4-8,11,14-16,22,40H,9-10,12-13,17H2,1-3H3,(H2,35,39)/t32-,33-/m0/s1. The number of thiazole rings is 1. The van der Waals surface area contributed by atoms with Gasteiger partial charge in [-0.15, -0.1) is 11.3 Å². The van der Waals surface area contributed by atoms with E-state index >= 15 is 0 Å². The highest BCUT2D eigenvalue weighted by Gasteiger charge is 2.45. The van der Waals surface area contributed by atoms with Gasteiger partial charge in [-0.2, -0.15) is 0 Å². The molecular formula is C33H32FN3O5S. The molecule has 222 valence electrons. The number of Topliss-reactive ketones (excluding diaryl/α,β-unsaturated/α-hetero) is 1. The number of aromatic nitrogens is 2. The topological polar surface area (TPSA) is 125 Å². The van der Waals surface area contributed by atoms with Crippen LogP contribution in [0.25, 0.3) is 21.7 Å². The number of aryl methyl sites for hydroxylation is 1. The van der Waals surface area contributed by atoms with E-state index in [1.54, 1.807) is 55.5 Å². The van der Waals surface area contributed by atoms with Crippen molar-refractivity contribution < 1.29 is 28.6 Å². The number of hydrogen-bond donors (Lipinski definition) is 2. The number of carbonyl (C=O) groups is 2. The molecular weight excluding hydrogens is 569 g/mol. The molecule has 8 nitrogen and oxygen atoms in total. The molecule has 43 heavy (non-hydrogen) atoms. The molecule has 2 aromatic carbocycles. The second-order valence-corrected chi connectivity index (χ2v) is 12.9. The molecule has 1 fully saturated rings. The van der Waals surface area contributed by atoms with Crippen LogP contribution in [0.15, 0.2) is 54.7 Å². The van der Waals surface area contributed by atoms with Gasteiger partial charge < -0.3 is 20.3 Å². The summed E-state index contributed by atoms with van der Waals surface area (Å²) in [4.78, 5) is 35.9. The highest BCUT2D eigenvalue weighted by Crippen LogP contribution is 2.46. The number of hydrogen-bond acceptors (Lipinski definition) is 8. The van der Waals surface area contributed by atoms with Gasteiger partial charge in [-0.3, -0.25) is 9.59 Å². The van der Waals surface area contributed by atoms with E-state index in [0.717, 1.165) is 28.3 Å². The summed E-state index contributed by atoms with van der Waals surface area (Å²) in [5.41, 5.74) is 6.12. The van der Waals surface area contributed by atoms with E-state index in [4.69, 9.17) is 20.2 Å². The molecule has 1 amide bonds. The quantitative estimate of drug-likeness (QED) is 0.218. The van der Waals surface area contributed by atoms with E-state index in [-0.39, 0.29) is 37.0 Å². The number of ketones is 1. The van der Waals surface area contributed by atoms with Gasteiger partial charge in [-0.1, -0.05) is 6.07 Å². The van der Waals surface area contributed by atoms with E-state index in [1.165, 1.54) is 12.1 Å². The Labute approximate surface area is 252 Å². The second kappa shape index (κ2) is 10.8. The van der Waals surface area contributed by atoms with Crippen molar-refractivity contribution in [1.29, 1.82) is 0 Å². The Kier molecular flexibility index (Phi) is 7.30. The smallest absolute Gasteiger partial charge is 0.231 e. The van der Waals surface area contributed by atoms with Crippen LogP contribution in [0.2, 0.25) is 0 Å². The molecule has 1 saturated carbocycles. The average molecular weight is 602 g/mol. The van der Waals surface area contributed by atoms with Crippen LogP contribution in [0.1, 0.15) is 66.2 Å². The van der Waals surface area contributed by atoms with Crippen LogP contribution in [-0.2, 0) is 15.8 Å². The largest absolute Gasteiger partial charge is 0.490 e. The number of primary amides is 1. The maximum absolute atomic E-state index is 13.7. The lowest BCUT2D eigenvalue weighted by molar-refractivity contribution is -0.123. The zero-order valence-corrected chi connectivity index (χ0v) is 25.0. The highest BCUT2D eigenvalue weighted by molar-refractivity contribution is 7.15. The van der Waals surface area contributed by atoms with Crippen molar-refractivity contribution in [3.05, 3.63) is 82.4 Å². The molecule has 0 unspecified atom stereocenters. The first-order valence-corrected chi connectivity index (χ1v) is 15.0. The predicted octanol–water partition coefficient (Wildman–Crippen LogP) is 5.87. The zero-order chi connectivity index (χ0) is 30.5. The van der Waals surface area contributed by atoms with Gasteiger partial charge in [-0.05, 0) is 82.5 Å². The fraction of sp³-hybridized carbons (Fsp3) is 0.333. The summed E-state index contributed by atoms with van der Waals surface area (Å²) in [5, 5.41) is 12.6. The lowest BCUT2D eigenvalue weighted by Crippen LogP contribution is -2.40. The van der Waals surface area contributed by atoms with Crippen LogP contribution in [0.3, 0.4) is 0 Å². The summed E-state index contributed by atoms with van der Waals surface area (Å²) in [6.45, 7) is 5.22. The Morgan fingerprint density at radius 1 is 1.21 bits per heavy atom. The fourth-order valence-electron chi connectivity index (χ4n) is 5.14. The molecule has 2 aliphatic rings. The van der Waals surface area contributed by atoms with E-state index in [0.29, 0.717) is 33.9 Å². The third kappa shape index (κ3) is 5.64. The van der Waals surface area contributed by atoms with Crippen LogP contribution in [0, 0.1) is 12.7 Å². The number of carbonyl (C=O) groups excluding carboxylic acids is 2. The molecule has 3 N–H and O–H groups in total. The van der Waals surface area contributed by atoms with Gasteiger partial charge >= 0.3 is 0 Å². The molecule has 6 rings (SSSR count). The van der Waals surface area contributed by atoms with Gasteiger partial charge in [0.25, 0.3) is 0 Å². The second-order valence-electron chi connectivity index (χ2n) is 11.7. The molecule has 2 atom stereocenters. The third-order valence-corrected chi connectivity index (χ3v) is 9.08. The molecule has 0 saturated heterocycles. The first-order valence-electron chi connectivity index (χ1n) is 14.2. The number of fused-ring (bicyclic) bond motifs is 1. The Morgan fingerprint density at radius 2 is 1.95 bits per heavy atom. The zero-order valence-electron chi connectivity index (χ0n) is 24.1. The maximum atomic E-state index is 13.7. The lowest BCUT2D eigenvalue weighted by Gasteiger charge is -2.26. The van der Waals surface area contributed by atoms with Crippen LogP contribution in [-0.4, -0.2) is 39.5 Å². The summed E-state index contributed by atoms with van der Waals surface area (Å²) < 4.78 is 25.8. The van der Waals surface area contributed by atoms with Crippen molar-refractivity contribution in [2.24, 2.45) is 5.73 Å². The van der Waals surface area contributed by atoms with Crippen LogP contribution in [0.5, 0.6) is 11.5 Å². The molecule has 0 spiro atoms. The summed E-state index contributed by atoms with van der Waals surface area (Å²) in [7, 11) is 0. The minimum atomic E-state index is -1.55. The van der Waals surface area contributed by atoms with Crippen molar-refractivity contribution in [2.45, 2.75) is 63.6 Å². The highest BCUT2D eigenvalue weighted by atomic mass is 32.1. The average Bonchev–Trinajstić information content (AvgIpc) is 3.58. The Morgan fingerprint density at radius 3 is 2.60 bits per heavy atom. The van der Waals surface area contributed by atoms with E-state index < -0.39 is 22.7 Å². The number of halogens is 1.